The third kappa shape index (κ3) is 1.83. The maximum Gasteiger partial charge on any atom is 0.433 e. The highest BCUT2D eigenvalue weighted by molar-refractivity contribution is 5.23. The van der Waals surface area contributed by atoms with Crippen molar-refractivity contribution in [2.45, 2.75) is 12.4 Å². The second-order valence-corrected chi connectivity index (χ2v) is 2.53. The number of aryl methyl sites for hydroxylation is 1. The standard InChI is InChI=1S/C6H4F6N2/c1-14-4(6(10,11)12)3(2-13-14)5(7,8)9/h2H,1H3. The van der Waals surface area contributed by atoms with E-state index >= 15 is 0 Å². The highest BCUT2D eigenvalue weighted by Gasteiger charge is 2.46. The van der Waals surface area contributed by atoms with Gasteiger partial charge >= 0.3 is 12.4 Å². The van der Waals surface area contributed by atoms with Crippen LogP contribution in [0, 0.1) is 0 Å². The van der Waals surface area contributed by atoms with Crippen molar-refractivity contribution >= 4 is 0 Å². The van der Waals surface area contributed by atoms with Crippen molar-refractivity contribution < 1.29 is 26.3 Å². The van der Waals surface area contributed by atoms with Gasteiger partial charge < -0.3 is 0 Å². The molecule has 0 N–H and O–H groups in total. The molecule has 0 fully saturated rings. The lowest BCUT2D eigenvalue weighted by Gasteiger charge is -2.11. The molecule has 0 saturated heterocycles. The molecular formula is C6H4F6N2. The van der Waals surface area contributed by atoms with E-state index in [-0.39, 0.29) is 10.9 Å². The summed E-state index contributed by atoms with van der Waals surface area (Å²) in [6.07, 6.45) is -9.95. The fourth-order valence-corrected chi connectivity index (χ4v) is 0.981. The maximum absolute atomic E-state index is 12.1. The Bertz CT molecular complexity index is 333. The van der Waals surface area contributed by atoms with E-state index in [9.17, 15) is 26.3 Å². The average molecular weight is 218 g/mol. The molecule has 0 bridgehead atoms. The molecule has 0 aliphatic heterocycles. The predicted molar refractivity (Wildman–Crippen MR) is 33.2 cm³/mol. The summed E-state index contributed by atoms with van der Waals surface area (Å²) < 4.78 is 72.6. The van der Waals surface area contributed by atoms with E-state index in [1.54, 1.807) is 0 Å². The number of alkyl halides is 6. The Hall–Kier alpha value is -1.21. The topological polar surface area (TPSA) is 17.8 Å². The zero-order valence-corrected chi connectivity index (χ0v) is 6.74. The van der Waals surface area contributed by atoms with Crippen molar-refractivity contribution in [1.29, 1.82) is 0 Å². The van der Waals surface area contributed by atoms with E-state index in [0.717, 1.165) is 7.05 Å². The van der Waals surface area contributed by atoms with Crippen LogP contribution in [0.25, 0.3) is 0 Å². The van der Waals surface area contributed by atoms with Gasteiger partial charge in [0, 0.05) is 7.05 Å². The molecule has 1 aromatic rings. The number of halogens is 6. The molecule has 1 rings (SSSR count). The van der Waals surface area contributed by atoms with Crippen molar-refractivity contribution in [2.24, 2.45) is 7.05 Å². The third-order valence-electron chi connectivity index (χ3n) is 1.51. The van der Waals surface area contributed by atoms with Gasteiger partial charge in [-0.05, 0) is 0 Å². The Kier molecular flexibility index (Phi) is 2.24. The minimum atomic E-state index is -5.06. The normalized spacial score (nSPS) is 13.4. The lowest BCUT2D eigenvalue weighted by atomic mass is 10.2. The molecule has 0 aliphatic carbocycles. The summed E-state index contributed by atoms with van der Waals surface area (Å²) in [5.74, 6) is 0. The summed E-state index contributed by atoms with van der Waals surface area (Å²) in [5, 5.41) is 2.93. The van der Waals surface area contributed by atoms with Crippen LogP contribution in [0.5, 0.6) is 0 Å². The van der Waals surface area contributed by atoms with Gasteiger partial charge in [-0.15, -0.1) is 0 Å². The van der Waals surface area contributed by atoms with Gasteiger partial charge in [0.05, 0.1) is 6.20 Å². The SMILES string of the molecule is Cn1ncc(C(F)(F)F)c1C(F)(F)F. The maximum atomic E-state index is 12.1. The number of hydrogen-bond acceptors (Lipinski definition) is 1. The van der Waals surface area contributed by atoms with Crippen LogP contribution in [0.1, 0.15) is 11.3 Å². The molecule has 2 nitrogen and oxygen atoms in total. The molecular weight excluding hydrogens is 214 g/mol. The minimum Gasteiger partial charge on any atom is -0.263 e. The Morgan fingerprint density at radius 3 is 1.86 bits per heavy atom. The number of rotatable bonds is 0. The minimum absolute atomic E-state index is 0.156. The van der Waals surface area contributed by atoms with Crippen LogP contribution in [0.4, 0.5) is 26.3 Å². The Labute approximate surface area is 74.1 Å². The van der Waals surface area contributed by atoms with Crippen molar-refractivity contribution in [3.63, 3.8) is 0 Å². The van der Waals surface area contributed by atoms with Gasteiger partial charge in [-0.2, -0.15) is 31.4 Å². The van der Waals surface area contributed by atoms with Crippen LogP contribution in [-0.2, 0) is 19.4 Å². The average Bonchev–Trinajstić information content (AvgIpc) is 2.27. The summed E-state index contributed by atoms with van der Waals surface area (Å²) in [6, 6.07) is 0. The van der Waals surface area contributed by atoms with Crippen LogP contribution in [0.3, 0.4) is 0 Å². The fraction of sp³-hybridized carbons (Fsp3) is 0.500. The van der Waals surface area contributed by atoms with Crippen LogP contribution in [0.2, 0.25) is 0 Å². The van der Waals surface area contributed by atoms with Crippen molar-refractivity contribution in [2.75, 3.05) is 0 Å². The molecule has 0 aliphatic rings. The molecule has 0 amide bonds. The number of aromatic nitrogens is 2. The van der Waals surface area contributed by atoms with Gasteiger partial charge in [0.15, 0.2) is 5.69 Å². The van der Waals surface area contributed by atoms with Crippen molar-refractivity contribution in [3.8, 4) is 0 Å². The van der Waals surface area contributed by atoms with Gasteiger partial charge in [-0.25, -0.2) is 0 Å². The van der Waals surface area contributed by atoms with Gasteiger partial charge in [0.1, 0.15) is 5.56 Å². The number of hydrogen-bond donors (Lipinski definition) is 0. The first-order chi connectivity index (χ1) is 6.14. The summed E-state index contributed by atoms with van der Waals surface area (Å²) in [5.41, 5.74) is -3.56. The summed E-state index contributed by atoms with van der Waals surface area (Å²) in [7, 11) is 0.804. The quantitative estimate of drug-likeness (QED) is 0.611. The molecule has 8 heteroatoms. The van der Waals surface area contributed by atoms with E-state index in [1.807, 2.05) is 0 Å². The van der Waals surface area contributed by atoms with E-state index in [1.165, 1.54) is 0 Å². The first kappa shape index (κ1) is 10.9. The molecule has 0 radical (unpaired) electrons. The molecule has 0 atom stereocenters. The van der Waals surface area contributed by atoms with E-state index in [4.69, 9.17) is 0 Å². The zero-order chi connectivity index (χ0) is 11.1. The molecule has 0 aromatic carbocycles. The van der Waals surface area contributed by atoms with E-state index in [0.29, 0.717) is 0 Å². The molecule has 14 heavy (non-hydrogen) atoms. The molecule has 80 valence electrons. The molecule has 1 aromatic heterocycles. The molecule has 0 unspecified atom stereocenters. The van der Waals surface area contributed by atoms with Crippen LogP contribution < -0.4 is 0 Å². The molecule has 1 heterocycles. The lowest BCUT2D eigenvalue weighted by Crippen LogP contribution is -2.18. The predicted octanol–water partition coefficient (Wildman–Crippen LogP) is 2.46. The van der Waals surface area contributed by atoms with Gasteiger partial charge in [0.25, 0.3) is 0 Å². The Morgan fingerprint density at radius 1 is 1.07 bits per heavy atom. The smallest absolute Gasteiger partial charge is 0.263 e. The van der Waals surface area contributed by atoms with Gasteiger partial charge in [-0.3, -0.25) is 4.68 Å². The second-order valence-electron chi connectivity index (χ2n) is 2.53. The van der Waals surface area contributed by atoms with Gasteiger partial charge in [-0.1, -0.05) is 0 Å². The zero-order valence-electron chi connectivity index (χ0n) is 6.74. The van der Waals surface area contributed by atoms with E-state index in [2.05, 4.69) is 5.10 Å². The summed E-state index contributed by atoms with van der Waals surface area (Å²) in [6.45, 7) is 0. The van der Waals surface area contributed by atoms with Crippen LogP contribution >= 0.6 is 0 Å². The third-order valence-corrected chi connectivity index (χ3v) is 1.51. The number of nitrogens with zero attached hydrogens (tertiary/aromatic N) is 2. The second kappa shape index (κ2) is 2.89. The van der Waals surface area contributed by atoms with Crippen LogP contribution in [0.15, 0.2) is 6.20 Å². The van der Waals surface area contributed by atoms with E-state index < -0.39 is 23.6 Å². The Balaban J connectivity index is 3.35. The largest absolute Gasteiger partial charge is 0.433 e. The Morgan fingerprint density at radius 2 is 1.57 bits per heavy atom. The fourth-order valence-electron chi connectivity index (χ4n) is 0.981. The lowest BCUT2D eigenvalue weighted by molar-refractivity contribution is -0.165. The molecule has 0 spiro atoms. The molecule has 0 saturated carbocycles. The van der Waals surface area contributed by atoms with Gasteiger partial charge in [0.2, 0.25) is 0 Å². The van der Waals surface area contributed by atoms with Crippen molar-refractivity contribution in [1.82, 2.24) is 9.78 Å². The first-order valence-corrected chi connectivity index (χ1v) is 3.30. The highest BCUT2D eigenvalue weighted by Crippen LogP contribution is 2.39. The highest BCUT2D eigenvalue weighted by atomic mass is 19.4. The van der Waals surface area contributed by atoms with Crippen molar-refractivity contribution in [3.05, 3.63) is 17.5 Å². The summed E-state index contributed by atoms with van der Waals surface area (Å²) in [4.78, 5) is 0. The first-order valence-electron chi connectivity index (χ1n) is 3.30. The monoisotopic (exact) mass is 218 g/mol. The van der Waals surface area contributed by atoms with Crippen LogP contribution in [-0.4, -0.2) is 9.78 Å². The summed E-state index contributed by atoms with van der Waals surface area (Å²) >= 11 is 0.